The van der Waals surface area contributed by atoms with Crippen LogP contribution in [0.15, 0.2) is 54.6 Å². The lowest BCUT2D eigenvalue weighted by molar-refractivity contribution is 0.102. The molecule has 1 amide bonds. The minimum absolute atomic E-state index is 0.218. The van der Waals surface area contributed by atoms with Gasteiger partial charge in [-0.1, -0.05) is 24.3 Å². The van der Waals surface area contributed by atoms with Gasteiger partial charge in [0.2, 0.25) is 0 Å². The monoisotopic (exact) mass is 344 g/mol. The molecule has 1 aromatic heterocycles. The summed E-state index contributed by atoms with van der Waals surface area (Å²) in [5.74, 6) is 0.310. The highest BCUT2D eigenvalue weighted by Gasteiger charge is 2.14. The van der Waals surface area contributed by atoms with Gasteiger partial charge >= 0.3 is 6.01 Å². The average molecular weight is 344 g/mol. The predicted molar refractivity (Wildman–Crippen MR) is 97.1 cm³/mol. The van der Waals surface area contributed by atoms with E-state index in [4.69, 9.17) is 10.00 Å². The van der Waals surface area contributed by atoms with E-state index in [0.29, 0.717) is 34.0 Å². The molecular weight excluding hydrogens is 328 g/mol. The van der Waals surface area contributed by atoms with E-state index in [1.54, 1.807) is 32.0 Å². The molecule has 0 aliphatic rings. The van der Waals surface area contributed by atoms with Crippen LogP contribution in [0, 0.1) is 25.2 Å². The molecule has 128 valence electrons. The Kier molecular flexibility index (Phi) is 4.90. The fourth-order valence-corrected chi connectivity index (χ4v) is 2.42. The average Bonchev–Trinajstić information content (AvgIpc) is 2.65. The first-order valence-corrected chi connectivity index (χ1v) is 7.96. The van der Waals surface area contributed by atoms with Crippen molar-refractivity contribution in [3.05, 3.63) is 77.1 Å². The number of anilines is 1. The number of hydrogen-bond donors (Lipinski definition) is 1. The van der Waals surface area contributed by atoms with Crippen molar-refractivity contribution in [3.8, 4) is 17.8 Å². The van der Waals surface area contributed by atoms with Gasteiger partial charge < -0.3 is 10.1 Å². The number of nitrogens with zero attached hydrogens (tertiary/aromatic N) is 3. The third-order valence-corrected chi connectivity index (χ3v) is 3.70. The number of rotatable bonds is 4. The summed E-state index contributed by atoms with van der Waals surface area (Å²) in [5.41, 5.74) is 2.53. The normalized spacial score (nSPS) is 10.0. The van der Waals surface area contributed by atoms with Crippen LogP contribution in [0.5, 0.6) is 11.8 Å². The molecule has 0 bridgehead atoms. The Balaban J connectivity index is 1.82. The molecule has 0 aliphatic carbocycles. The lowest BCUT2D eigenvalue weighted by atomic mass is 10.1. The molecule has 0 saturated heterocycles. The molecule has 1 N–H and O–H groups in total. The van der Waals surface area contributed by atoms with E-state index >= 15 is 0 Å². The van der Waals surface area contributed by atoms with E-state index in [0.717, 1.165) is 0 Å². The first-order valence-electron chi connectivity index (χ1n) is 7.96. The summed E-state index contributed by atoms with van der Waals surface area (Å²) in [7, 11) is 0. The molecule has 0 atom stereocenters. The molecule has 26 heavy (non-hydrogen) atoms. The van der Waals surface area contributed by atoms with Gasteiger partial charge in [-0.3, -0.25) is 4.79 Å². The third-order valence-electron chi connectivity index (χ3n) is 3.70. The minimum atomic E-state index is -0.325. The molecular formula is C20H16N4O2. The van der Waals surface area contributed by atoms with Crippen molar-refractivity contribution in [3.63, 3.8) is 0 Å². The van der Waals surface area contributed by atoms with Crippen molar-refractivity contribution in [2.24, 2.45) is 0 Å². The number of ether oxygens (including phenoxy) is 1. The second-order valence-corrected chi connectivity index (χ2v) is 5.61. The molecule has 3 aromatic rings. The number of carbonyl (C=O) groups is 1. The van der Waals surface area contributed by atoms with Crippen molar-refractivity contribution in [1.29, 1.82) is 5.26 Å². The maximum absolute atomic E-state index is 12.5. The summed E-state index contributed by atoms with van der Waals surface area (Å²) in [4.78, 5) is 21.1. The molecule has 6 nitrogen and oxygen atoms in total. The molecule has 1 heterocycles. The van der Waals surface area contributed by atoms with Gasteiger partial charge in [-0.2, -0.15) is 15.2 Å². The summed E-state index contributed by atoms with van der Waals surface area (Å²) >= 11 is 0. The largest absolute Gasteiger partial charge is 0.424 e. The molecule has 0 fully saturated rings. The first kappa shape index (κ1) is 17.1. The number of nitriles is 1. The summed E-state index contributed by atoms with van der Waals surface area (Å²) in [6.45, 7) is 3.54. The Morgan fingerprint density at radius 1 is 1.04 bits per heavy atom. The zero-order chi connectivity index (χ0) is 18.5. The molecule has 2 aromatic carbocycles. The van der Waals surface area contributed by atoms with Gasteiger partial charge in [0, 0.05) is 5.56 Å². The molecule has 0 radical (unpaired) electrons. The Morgan fingerprint density at radius 2 is 1.73 bits per heavy atom. The van der Waals surface area contributed by atoms with Crippen molar-refractivity contribution < 1.29 is 9.53 Å². The Labute approximate surface area is 151 Å². The molecule has 0 spiro atoms. The number of aromatic nitrogens is 2. The van der Waals surface area contributed by atoms with Crippen LogP contribution in [0.4, 0.5) is 5.69 Å². The quantitative estimate of drug-likeness (QED) is 0.772. The maximum atomic E-state index is 12.5. The smallest absolute Gasteiger partial charge is 0.322 e. The third kappa shape index (κ3) is 3.84. The predicted octanol–water partition coefficient (Wildman–Crippen LogP) is 4.01. The first-order chi connectivity index (χ1) is 12.6. The van der Waals surface area contributed by atoms with E-state index < -0.39 is 0 Å². The SMILES string of the molecule is Cc1nc(Oc2ccccc2)nc(C)c1NC(=O)c1cccc(C#N)c1. The van der Waals surface area contributed by atoms with Gasteiger partial charge in [-0.15, -0.1) is 0 Å². The van der Waals surface area contributed by atoms with Gasteiger partial charge in [0.1, 0.15) is 5.75 Å². The Morgan fingerprint density at radius 3 is 2.38 bits per heavy atom. The van der Waals surface area contributed by atoms with E-state index in [2.05, 4.69) is 15.3 Å². The standard InChI is InChI=1S/C20H16N4O2/c1-13-18(24-19(25)16-8-6-7-15(11-16)12-21)14(2)23-20(22-13)26-17-9-4-3-5-10-17/h3-11H,1-2H3,(H,24,25). The number of benzene rings is 2. The van der Waals surface area contributed by atoms with Gasteiger partial charge in [0.05, 0.1) is 28.7 Å². The van der Waals surface area contributed by atoms with E-state index in [9.17, 15) is 4.79 Å². The lowest BCUT2D eigenvalue weighted by Gasteiger charge is -2.12. The van der Waals surface area contributed by atoms with Crippen molar-refractivity contribution in [2.45, 2.75) is 13.8 Å². The van der Waals surface area contributed by atoms with Crippen LogP contribution < -0.4 is 10.1 Å². The minimum Gasteiger partial charge on any atom is -0.424 e. The zero-order valence-corrected chi connectivity index (χ0v) is 14.4. The summed E-state index contributed by atoms with van der Waals surface area (Å²) in [6.07, 6.45) is 0. The van der Waals surface area contributed by atoms with Crippen LogP contribution in [-0.4, -0.2) is 15.9 Å². The Bertz CT molecular complexity index is 971. The fourth-order valence-electron chi connectivity index (χ4n) is 2.42. The van der Waals surface area contributed by atoms with Crippen molar-refractivity contribution in [1.82, 2.24) is 9.97 Å². The van der Waals surface area contributed by atoms with Gasteiger partial charge in [-0.25, -0.2) is 0 Å². The molecule has 6 heteroatoms. The highest BCUT2D eigenvalue weighted by atomic mass is 16.5. The number of nitrogens with one attached hydrogen (secondary N) is 1. The lowest BCUT2D eigenvalue weighted by Crippen LogP contribution is -2.15. The van der Waals surface area contributed by atoms with Crippen LogP contribution in [0.1, 0.15) is 27.3 Å². The topological polar surface area (TPSA) is 87.9 Å². The highest BCUT2D eigenvalue weighted by molar-refractivity contribution is 6.05. The van der Waals surface area contributed by atoms with Crippen LogP contribution >= 0.6 is 0 Å². The highest BCUT2D eigenvalue weighted by Crippen LogP contribution is 2.23. The number of para-hydroxylation sites is 1. The maximum Gasteiger partial charge on any atom is 0.322 e. The second-order valence-electron chi connectivity index (χ2n) is 5.61. The second kappa shape index (κ2) is 7.45. The van der Waals surface area contributed by atoms with Crippen LogP contribution in [0.25, 0.3) is 0 Å². The van der Waals surface area contributed by atoms with Crippen molar-refractivity contribution in [2.75, 3.05) is 5.32 Å². The molecule has 0 unspecified atom stereocenters. The molecule has 3 rings (SSSR count). The van der Waals surface area contributed by atoms with Gasteiger partial charge in [0.15, 0.2) is 0 Å². The Hall–Kier alpha value is -3.72. The van der Waals surface area contributed by atoms with Crippen LogP contribution in [0.3, 0.4) is 0 Å². The van der Waals surface area contributed by atoms with E-state index in [1.165, 1.54) is 6.07 Å². The van der Waals surface area contributed by atoms with Gasteiger partial charge in [0.25, 0.3) is 5.91 Å². The zero-order valence-electron chi connectivity index (χ0n) is 14.4. The van der Waals surface area contributed by atoms with Gasteiger partial charge in [-0.05, 0) is 44.2 Å². The number of aryl methyl sites for hydroxylation is 2. The summed E-state index contributed by atoms with van der Waals surface area (Å²) in [5, 5.41) is 11.8. The summed E-state index contributed by atoms with van der Waals surface area (Å²) in [6, 6.07) is 18.0. The number of hydrogen-bond acceptors (Lipinski definition) is 5. The molecule has 0 saturated carbocycles. The van der Waals surface area contributed by atoms with Crippen molar-refractivity contribution >= 4 is 11.6 Å². The molecule has 0 aliphatic heterocycles. The fraction of sp³-hybridized carbons (Fsp3) is 0.100. The number of carbonyl (C=O) groups excluding carboxylic acids is 1. The van der Waals surface area contributed by atoms with Crippen LogP contribution in [0.2, 0.25) is 0 Å². The van der Waals surface area contributed by atoms with Crippen LogP contribution in [-0.2, 0) is 0 Å². The van der Waals surface area contributed by atoms with E-state index in [-0.39, 0.29) is 11.9 Å². The number of amides is 1. The summed E-state index contributed by atoms with van der Waals surface area (Å²) < 4.78 is 5.64. The van der Waals surface area contributed by atoms with E-state index in [1.807, 2.05) is 36.4 Å².